The molecule has 1 fully saturated rings. The number of hydrogen-bond acceptors (Lipinski definition) is 5. The first-order chi connectivity index (χ1) is 10.8. The number of likely N-dealkylation sites (tertiary alicyclic amines) is 1. The lowest BCUT2D eigenvalue weighted by Crippen LogP contribution is -2.43. The van der Waals surface area contributed by atoms with Gasteiger partial charge in [0.25, 0.3) is 0 Å². The maximum Gasteiger partial charge on any atom is 0.234 e. The second-order valence-corrected chi connectivity index (χ2v) is 5.72. The second-order valence-electron chi connectivity index (χ2n) is 5.72. The number of aromatic nitrogens is 3. The lowest BCUT2D eigenvalue weighted by Gasteiger charge is -2.32. The van der Waals surface area contributed by atoms with Gasteiger partial charge < -0.3 is 9.73 Å². The topological polar surface area (TPSA) is 76.2 Å². The molecule has 1 N–H and O–H groups in total. The van der Waals surface area contributed by atoms with Gasteiger partial charge in [-0.05, 0) is 37.4 Å². The van der Waals surface area contributed by atoms with Crippen molar-refractivity contribution in [2.45, 2.75) is 25.9 Å². The van der Waals surface area contributed by atoms with Gasteiger partial charge >= 0.3 is 0 Å². The molecule has 1 aliphatic heterocycles. The number of amides is 1. The zero-order valence-corrected chi connectivity index (χ0v) is 12.5. The quantitative estimate of drug-likeness (QED) is 0.858. The van der Waals surface area contributed by atoms with Crippen molar-refractivity contribution in [3.8, 4) is 0 Å². The predicted molar refractivity (Wildman–Crippen MR) is 79.7 cm³/mol. The van der Waals surface area contributed by atoms with Crippen LogP contribution in [0.15, 0.2) is 35.5 Å². The summed E-state index contributed by atoms with van der Waals surface area (Å²) in [6.07, 6.45) is 7.20. The Morgan fingerprint density at radius 3 is 3.23 bits per heavy atom. The molecule has 1 atom stereocenters. The fourth-order valence-corrected chi connectivity index (χ4v) is 2.89. The first-order valence-corrected chi connectivity index (χ1v) is 7.63. The third-order valence-electron chi connectivity index (χ3n) is 3.92. The highest BCUT2D eigenvalue weighted by molar-refractivity contribution is 5.77. The molecule has 2 aromatic rings. The van der Waals surface area contributed by atoms with Gasteiger partial charge in [-0.1, -0.05) is 0 Å². The number of nitrogens with zero attached hydrogens (tertiary/aromatic N) is 4. The van der Waals surface area contributed by atoms with Crippen molar-refractivity contribution in [1.82, 2.24) is 25.0 Å². The lowest BCUT2D eigenvalue weighted by atomic mass is 9.98. The van der Waals surface area contributed by atoms with Crippen molar-refractivity contribution in [3.05, 3.63) is 36.8 Å². The minimum absolute atomic E-state index is 0.0396. The standard InChI is InChI=1S/C15H21N5O2/c21-15(17-7-14-4-2-6-22-14)10-19-5-1-3-13(8-19)9-20-12-16-11-18-20/h2,4,6,11-13H,1,3,5,7-10H2,(H,17,21)/t13-/m0/s1. The van der Waals surface area contributed by atoms with Crippen molar-refractivity contribution >= 4 is 5.91 Å². The number of furan rings is 1. The molecule has 0 bridgehead atoms. The summed E-state index contributed by atoms with van der Waals surface area (Å²) in [5, 5.41) is 7.04. The van der Waals surface area contributed by atoms with Crippen LogP contribution in [0.1, 0.15) is 18.6 Å². The molecule has 3 rings (SSSR count). The molecule has 1 saturated heterocycles. The molecule has 0 spiro atoms. The molecule has 0 aliphatic carbocycles. The van der Waals surface area contributed by atoms with Crippen LogP contribution in [0.2, 0.25) is 0 Å². The van der Waals surface area contributed by atoms with E-state index < -0.39 is 0 Å². The zero-order chi connectivity index (χ0) is 15.2. The third kappa shape index (κ3) is 4.17. The number of carbonyl (C=O) groups is 1. The van der Waals surface area contributed by atoms with E-state index in [0.717, 1.165) is 31.8 Å². The highest BCUT2D eigenvalue weighted by Gasteiger charge is 2.22. The van der Waals surface area contributed by atoms with Crippen molar-refractivity contribution in [1.29, 1.82) is 0 Å². The normalized spacial score (nSPS) is 19.2. The largest absolute Gasteiger partial charge is 0.467 e. The van der Waals surface area contributed by atoms with Crippen molar-refractivity contribution in [2.24, 2.45) is 5.92 Å². The van der Waals surface area contributed by atoms with Crippen LogP contribution in [-0.2, 0) is 17.9 Å². The third-order valence-corrected chi connectivity index (χ3v) is 3.92. The van der Waals surface area contributed by atoms with Crippen LogP contribution < -0.4 is 5.32 Å². The highest BCUT2D eigenvalue weighted by Crippen LogP contribution is 2.17. The molecule has 0 saturated carbocycles. The molecule has 118 valence electrons. The predicted octanol–water partition coefficient (Wildman–Crippen LogP) is 0.900. The molecular formula is C15H21N5O2. The fraction of sp³-hybridized carbons (Fsp3) is 0.533. The van der Waals surface area contributed by atoms with E-state index in [4.69, 9.17) is 4.42 Å². The summed E-state index contributed by atoms with van der Waals surface area (Å²) < 4.78 is 7.07. The molecule has 1 aliphatic rings. The first kappa shape index (κ1) is 14.8. The number of rotatable bonds is 6. The number of carbonyl (C=O) groups excluding carboxylic acids is 1. The van der Waals surface area contributed by atoms with Gasteiger partial charge in [0, 0.05) is 13.1 Å². The Balaban J connectivity index is 1.42. The summed E-state index contributed by atoms with van der Waals surface area (Å²) in [5.41, 5.74) is 0. The molecule has 2 aromatic heterocycles. The molecule has 22 heavy (non-hydrogen) atoms. The van der Waals surface area contributed by atoms with Crippen LogP contribution in [0.5, 0.6) is 0 Å². The maximum atomic E-state index is 12.0. The number of hydrogen-bond donors (Lipinski definition) is 1. The van der Waals surface area contributed by atoms with Crippen LogP contribution in [0.25, 0.3) is 0 Å². The van der Waals surface area contributed by atoms with Crippen LogP contribution in [0.4, 0.5) is 0 Å². The summed E-state index contributed by atoms with van der Waals surface area (Å²) in [4.78, 5) is 18.2. The molecule has 7 heteroatoms. The Morgan fingerprint density at radius 1 is 1.50 bits per heavy atom. The Hall–Kier alpha value is -2.15. The molecular weight excluding hydrogens is 282 g/mol. The van der Waals surface area contributed by atoms with Crippen molar-refractivity contribution in [2.75, 3.05) is 19.6 Å². The van der Waals surface area contributed by atoms with E-state index >= 15 is 0 Å². The van der Waals surface area contributed by atoms with Gasteiger partial charge in [0.2, 0.25) is 5.91 Å². The van der Waals surface area contributed by atoms with Crippen LogP contribution >= 0.6 is 0 Å². The Kier molecular flexibility index (Phi) is 4.85. The molecule has 1 amide bonds. The van der Waals surface area contributed by atoms with Crippen molar-refractivity contribution < 1.29 is 9.21 Å². The van der Waals surface area contributed by atoms with Gasteiger partial charge in [-0.25, -0.2) is 4.98 Å². The molecule has 7 nitrogen and oxygen atoms in total. The Labute approximate surface area is 129 Å². The Morgan fingerprint density at radius 2 is 2.45 bits per heavy atom. The Bertz CT molecular complexity index is 567. The van der Waals surface area contributed by atoms with Crippen LogP contribution in [0, 0.1) is 5.92 Å². The second kappa shape index (κ2) is 7.22. The van der Waals surface area contributed by atoms with E-state index in [9.17, 15) is 4.79 Å². The smallest absolute Gasteiger partial charge is 0.234 e. The van der Waals surface area contributed by atoms with Gasteiger partial charge in [-0.2, -0.15) is 5.10 Å². The highest BCUT2D eigenvalue weighted by atomic mass is 16.3. The summed E-state index contributed by atoms with van der Waals surface area (Å²) in [5.74, 6) is 1.34. The monoisotopic (exact) mass is 303 g/mol. The minimum atomic E-state index is 0.0396. The lowest BCUT2D eigenvalue weighted by molar-refractivity contribution is -0.122. The van der Waals surface area contributed by atoms with E-state index in [2.05, 4.69) is 20.3 Å². The van der Waals surface area contributed by atoms with Crippen LogP contribution in [0.3, 0.4) is 0 Å². The van der Waals surface area contributed by atoms with E-state index in [-0.39, 0.29) is 5.91 Å². The summed E-state index contributed by atoms with van der Waals surface area (Å²) in [6, 6.07) is 3.68. The SMILES string of the molecule is O=C(CN1CCC[C@H](Cn2cncn2)C1)NCc1ccco1. The average molecular weight is 303 g/mol. The van der Waals surface area contributed by atoms with E-state index in [1.807, 2.05) is 16.8 Å². The molecule has 0 unspecified atom stereocenters. The van der Waals surface area contributed by atoms with E-state index in [1.165, 1.54) is 6.42 Å². The van der Waals surface area contributed by atoms with Crippen molar-refractivity contribution in [3.63, 3.8) is 0 Å². The van der Waals surface area contributed by atoms with Gasteiger partial charge in [0.1, 0.15) is 18.4 Å². The molecule has 0 aromatic carbocycles. The van der Waals surface area contributed by atoms with Gasteiger partial charge in [-0.3, -0.25) is 14.4 Å². The number of piperidine rings is 1. The molecule has 3 heterocycles. The average Bonchev–Trinajstić information content (AvgIpc) is 3.19. The minimum Gasteiger partial charge on any atom is -0.467 e. The zero-order valence-electron chi connectivity index (χ0n) is 12.5. The summed E-state index contributed by atoms with van der Waals surface area (Å²) in [6.45, 7) is 3.65. The van der Waals surface area contributed by atoms with E-state index in [0.29, 0.717) is 19.0 Å². The van der Waals surface area contributed by atoms with Crippen LogP contribution in [-0.4, -0.2) is 45.2 Å². The van der Waals surface area contributed by atoms with Gasteiger partial charge in [0.15, 0.2) is 0 Å². The van der Waals surface area contributed by atoms with Gasteiger partial charge in [0.05, 0.1) is 19.4 Å². The first-order valence-electron chi connectivity index (χ1n) is 7.63. The van der Waals surface area contributed by atoms with Gasteiger partial charge in [-0.15, -0.1) is 0 Å². The fourth-order valence-electron chi connectivity index (χ4n) is 2.89. The summed E-state index contributed by atoms with van der Waals surface area (Å²) >= 11 is 0. The summed E-state index contributed by atoms with van der Waals surface area (Å²) in [7, 11) is 0. The number of nitrogens with one attached hydrogen (secondary N) is 1. The maximum absolute atomic E-state index is 12.0. The van der Waals surface area contributed by atoms with E-state index in [1.54, 1.807) is 18.9 Å². The molecule has 0 radical (unpaired) electrons.